The third kappa shape index (κ3) is 1.69. The lowest BCUT2D eigenvalue weighted by molar-refractivity contribution is 0.746. The molecule has 0 saturated carbocycles. The number of anilines is 1. The summed E-state index contributed by atoms with van der Waals surface area (Å²) in [4.78, 5) is 4.65. The highest BCUT2D eigenvalue weighted by molar-refractivity contribution is 5.76. The van der Waals surface area contributed by atoms with Crippen molar-refractivity contribution in [2.24, 2.45) is 7.05 Å². The molecule has 3 aromatic rings. The number of nitrogens with zero attached hydrogens (tertiary/aromatic N) is 4. The lowest BCUT2D eigenvalue weighted by atomic mass is 10.1. The monoisotopic (exact) mass is 255 g/mol. The van der Waals surface area contributed by atoms with Crippen molar-refractivity contribution >= 4 is 11.5 Å². The normalized spacial score (nSPS) is 11.3. The molecule has 2 N–H and O–H groups in total. The zero-order valence-corrected chi connectivity index (χ0v) is 11.4. The molecule has 0 spiro atoms. The van der Waals surface area contributed by atoms with Gasteiger partial charge in [-0.3, -0.25) is 9.08 Å². The molecular weight excluding hydrogens is 238 g/mol. The lowest BCUT2D eigenvalue weighted by Crippen LogP contribution is -1.97. The second kappa shape index (κ2) is 4.12. The number of rotatable bonds is 2. The largest absolute Gasteiger partial charge is 0.383 e. The molecule has 0 atom stereocenters. The maximum absolute atomic E-state index is 6.27. The SMILES string of the molecule is CCc1nn(C)cc1-c1nc2cccc(C)n2c1N. The lowest BCUT2D eigenvalue weighted by Gasteiger charge is -2.01. The number of hydrogen-bond donors (Lipinski definition) is 1. The summed E-state index contributed by atoms with van der Waals surface area (Å²) >= 11 is 0. The average Bonchev–Trinajstić information content (AvgIpc) is 2.91. The van der Waals surface area contributed by atoms with Crippen LogP contribution < -0.4 is 5.73 Å². The Morgan fingerprint density at radius 3 is 2.79 bits per heavy atom. The smallest absolute Gasteiger partial charge is 0.139 e. The number of pyridine rings is 1. The van der Waals surface area contributed by atoms with Crippen LogP contribution in [0.25, 0.3) is 16.9 Å². The van der Waals surface area contributed by atoms with Gasteiger partial charge >= 0.3 is 0 Å². The summed E-state index contributed by atoms with van der Waals surface area (Å²) < 4.78 is 3.78. The molecule has 0 bridgehead atoms. The summed E-state index contributed by atoms with van der Waals surface area (Å²) in [5, 5.41) is 4.45. The summed E-state index contributed by atoms with van der Waals surface area (Å²) in [6.45, 7) is 4.11. The molecule has 5 heteroatoms. The van der Waals surface area contributed by atoms with E-state index in [4.69, 9.17) is 5.73 Å². The first kappa shape index (κ1) is 11.8. The summed E-state index contributed by atoms with van der Waals surface area (Å²) in [5.41, 5.74) is 11.1. The number of hydrogen-bond acceptors (Lipinski definition) is 3. The van der Waals surface area contributed by atoms with Gasteiger partial charge < -0.3 is 5.73 Å². The van der Waals surface area contributed by atoms with Gasteiger partial charge in [-0.05, 0) is 25.5 Å². The van der Waals surface area contributed by atoms with E-state index in [0.29, 0.717) is 5.82 Å². The fraction of sp³-hybridized carbons (Fsp3) is 0.286. The molecule has 0 aliphatic rings. The van der Waals surface area contributed by atoms with Crippen LogP contribution in [0.5, 0.6) is 0 Å². The Bertz CT molecular complexity index is 751. The van der Waals surface area contributed by atoms with Gasteiger partial charge in [0.15, 0.2) is 0 Å². The summed E-state index contributed by atoms with van der Waals surface area (Å²) in [6.07, 6.45) is 2.84. The zero-order chi connectivity index (χ0) is 13.6. The second-order valence-electron chi connectivity index (χ2n) is 4.72. The second-order valence-corrected chi connectivity index (χ2v) is 4.72. The molecule has 3 rings (SSSR count). The maximum Gasteiger partial charge on any atom is 0.139 e. The molecule has 5 nitrogen and oxygen atoms in total. The molecule has 0 aliphatic carbocycles. The number of aryl methyl sites for hydroxylation is 3. The quantitative estimate of drug-likeness (QED) is 0.763. The Kier molecular flexibility index (Phi) is 2.55. The van der Waals surface area contributed by atoms with Crippen molar-refractivity contribution in [1.82, 2.24) is 19.2 Å². The van der Waals surface area contributed by atoms with E-state index in [-0.39, 0.29) is 0 Å². The molecule has 0 radical (unpaired) electrons. The number of nitrogens with two attached hydrogens (primary N) is 1. The van der Waals surface area contributed by atoms with Crippen LogP contribution in [-0.2, 0) is 13.5 Å². The minimum Gasteiger partial charge on any atom is -0.383 e. The average molecular weight is 255 g/mol. The molecule has 0 amide bonds. The highest BCUT2D eigenvalue weighted by Gasteiger charge is 2.17. The van der Waals surface area contributed by atoms with E-state index in [0.717, 1.165) is 34.7 Å². The van der Waals surface area contributed by atoms with E-state index in [9.17, 15) is 0 Å². The Hall–Kier alpha value is -2.30. The van der Waals surface area contributed by atoms with Gasteiger partial charge in [-0.15, -0.1) is 0 Å². The highest BCUT2D eigenvalue weighted by Crippen LogP contribution is 2.29. The minimum absolute atomic E-state index is 0.677. The van der Waals surface area contributed by atoms with Crippen LogP contribution in [0.4, 0.5) is 5.82 Å². The third-order valence-electron chi connectivity index (χ3n) is 3.37. The number of imidazole rings is 1. The van der Waals surface area contributed by atoms with Crippen LogP contribution in [0.1, 0.15) is 18.3 Å². The van der Waals surface area contributed by atoms with Gasteiger partial charge in [-0.1, -0.05) is 13.0 Å². The summed E-state index contributed by atoms with van der Waals surface area (Å²) in [6, 6.07) is 5.98. The fourth-order valence-corrected chi connectivity index (χ4v) is 2.47. The topological polar surface area (TPSA) is 61.1 Å². The van der Waals surface area contributed by atoms with E-state index >= 15 is 0 Å². The van der Waals surface area contributed by atoms with Crippen LogP contribution in [0, 0.1) is 6.92 Å². The Labute approximate surface area is 111 Å². The van der Waals surface area contributed by atoms with Crippen LogP contribution in [0.2, 0.25) is 0 Å². The molecule has 3 heterocycles. The number of aromatic nitrogens is 4. The Balaban J connectivity index is 2.31. The number of fused-ring (bicyclic) bond motifs is 1. The van der Waals surface area contributed by atoms with Crippen molar-refractivity contribution in [3.63, 3.8) is 0 Å². The molecule has 0 aromatic carbocycles. The predicted molar refractivity (Wildman–Crippen MR) is 75.9 cm³/mol. The molecule has 3 aromatic heterocycles. The van der Waals surface area contributed by atoms with E-state index in [1.54, 1.807) is 0 Å². The van der Waals surface area contributed by atoms with E-state index < -0.39 is 0 Å². The van der Waals surface area contributed by atoms with Crippen LogP contribution >= 0.6 is 0 Å². The van der Waals surface area contributed by atoms with Crippen molar-refractivity contribution in [2.75, 3.05) is 5.73 Å². The van der Waals surface area contributed by atoms with Gasteiger partial charge in [-0.25, -0.2) is 4.98 Å². The van der Waals surface area contributed by atoms with E-state index in [1.165, 1.54) is 0 Å². The van der Waals surface area contributed by atoms with Crippen molar-refractivity contribution in [2.45, 2.75) is 20.3 Å². The van der Waals surface area contributed by atoms with Crippen molar-refractivity contribution in [3.05, 3.63) is 35.8 Å². The molecule has 0 fully saturated rings. The fourth-order valence-electron chi connectivity index (χ4n) is 2.47. The molecule has 0 saturated heterocycles. The van der Waals surface area contributed by atoms with E-state index in [1.807, 2.05) is 47.4 Å². The van der Waals surface area contributed by atoms with Crippen LogP contribution in [-0.4, -0.2) is 19.2 Å². The Morgan fingerprint density at radius 2 is 2.11 bits per heavy atom. The molecular formula is C14H17N5. The van der Waals surface area contributed by atoms with Crippen molar-refractivity contribution in [1.29, 1.82) is 0 Å². The minimum atomic E-state index is 0.677. The van der Waals surface area contributed by atoms with Crippen molar-refractivity contribution in [3.8, 4) is 11.3 Å². The van der Waals surface area contributed by atoms with Gasteiger partial charge in [0.05, 0.1) is 5.69 Å². The van der Waals surface area contributed by atoms with Gasteiger partial charge in [0.25, 0.3) is 0 Å². The number of nitrogen functional groups attached to an aromatic ring is 1. The molecule has 0 unspecified atom stereocenters. The zero-order valence-electron chi connectivity index (χ0n) is 11.4. The standard InChI is InChI=1S/C14H17N5/c1-4-11-10(8-18(3)17-11)13-14(15)19-9(2)6-5-7-12(19)16-13/h5-8H,4,15H2,1-3H3. The third-order valence-corrected chi connectivity index (χ3v) is 3.37. The first-order valence-corrected chi connectivity index (χ1v) is 6.38. The molecule has 98 valence electrons. The molecule has 0 aliphatic heterocycles. The van der Waals surface area contributed by atoms with Gasteiger partial charge in [0.1, 0.15) is 17.2 Å². The first-order chi connectivity index (χ1) is 9.11. The van der Waals surface area contributed by atoms with Crippen LogP contribution in [0.3, 0.4) is 0 Å². The summed E-state index contributed by atoms with van der Waals surface area (Å²) in [5.74, 6) is 0.677. The van der Waals surface area contributed by atoms with Gasteiger partial charge in [0, 0.05) is 24.5 Å². The van der Waals surface area contributed by atoms with Gasteiger partial charge in [-0.2, -0.15) is 5.10 Å². The molecule has 19 heavy (non-hydrogen) atoms. The first-order valence-electron chi connectivity index (χ1n) is 6.38. The van der Waals surface area contributed by atoms with Crippen molar-refractivity contribution < 1.29 is 0 Å². The highest BCUT2D eigenvalue weighted by atomic mass is 15.3. The van der Waals surface area contributed by atoms with Crippen LogP contribution in [0.15, 0.2) is 24.4 Å². The summed E-state index contributed by atoms with van der Waals surface area (Å²) in [7, 11) is 1.92. The van der Waals surface area contributed by atoms with E-state index in [2.05, 4.69) is 17.0 Å². The predicted octanol–water partition coefficient (Wildman–Crippen LogP) is 2.19. The maximum atomic E-state index is 6.27. The van der Waals surface area contributed by atoms with Gasteiger partial charge in [0.2, 0.25) is 0 Å². The Morgan fingerprint density at radius 1 is 1.32 bits per heavy atom.